The van der Waals surface area contributed by atoms with E-state index in [0.717, 1.165) is 12.0 Å². The maximum atomic E-state index is 12.9. The molecule has 1 aromatic carbocycles. The molecule has 0 nitrogen and oxygen atoms in total. The third-order valence-corrected chi connectivity index (χ3v) is 4.05. The van der Waals surface area contributed by atoms with E-state index >= 15 is 0 Å². The third kappa shape index (κ3) is 2.17. The van der Waals surface area contributed by atoms with Crippen molar-refractivity contribution in [3.05, 3.63) is 35.1 Å². The molecule has 0 aromatic heterocycles. The molecule has 1 fully saturated rings. The fourth-order valence-electron chi connectivity index (χ4n) is 2.11. The normalized spacial score (nSPS) is 20.0. The number of aryl methyl sites for hydroxylation is 1. The summed E-state index contributed by atoms with van der Waals surface area (Å²) in [5, 5.41) is 0.210. The Hall–Kier alpha value is -0.560. The molecular formula is C13H16ClF. The van der Waals surface area contributed by atoms with Crippen LogP contribution in [0, 0.1) is 18.2 Å². The van der Waals surface area contributed by atoms with Crippen molar-refractivity contribution in [3.63, 3.8) is 0 Å². The Labute approximate surface area is 95.4 Å². The third-order valence-electron chi connectivity index (χ3n) is 3.58. The van der Waals surface area contributed by atoms with Gasteiger partial charge in [0, 0.05) is 5.38 Å². The molecule has 1 atom stereocenters. The van der Waals surface area contributed by atoms with Crippen LogP contribution in [0.2, 0.25) is 0 Å². The molecule has 0 saturated heterocycles. The van der Waals surface area contributed by atoms with Crippen LogP contribution in [0.15, 0.2) is 18.2 Å². The zero-order chi connectivity index (χ0) is 11.1. The number of benzene rings is 1. The predicted molar refractivity (Wildman–Crippen MR) is 61.8 cm³/mol. The van der Waals surface area contributed by atoms with Crippen LogP contribution in [0.5, 0.6) is 0 Å². The van der Waals surface area contributed by atoms with Crippen LogP contribution in [-0.2, 0) is 6.42 Å². The molecule has 15 heavy (non-hydrogen) atoms. The Morgan fingerprint density at radius 1 is 1.47 bits per heavy atom. The van der Waals surface area contributed by atoms with Crippen molar-refractivity contribution < 1.29 is 4.39 Å². The first-order valence-corrected chi connectivity index (χ1v) is 5.86. The van der Waals surface area contributed by atoms with E-state index in [1.54, 1.807) is 6.07 Å². The van der Waals surface area contributed by atoms with Crippen LogP contribution in [0.3, 0.4) is 0 Å². The summed E-state index contributed by atoms with van der Waals surface area (Å²) < 4.78 is 12.9. The molecule has 0 heterocycles. The summed E-state index contributed by atoms with van der Waals surface area (Å²) in [6.45, 7) is 4.03. The lowest BCUT2D eigenvalue weighted by Gasteiger charge is -2.19. The van der Waals surface area contributed by atoms with Gasteiger partial charge < -0.3 is 0 Å². The number of alkyl halides is 1. The molecule has 0 spiro atoms. The largest absolute Gasteiger partial charge is 0.207 e. The molecule has 1 aliphatic carbocycles. The summed E-state index contributed by atoms with van der Waals surface area (Å²) >= 11 is 6.19. The van der Waals surface area contributed by atoms with Crippen LogP contribution in [0.1, 0.15) is 30.9 Å². The van der Waals surface area contributed by atoms with Gasteiger partial charge in [-0.25, -0.2) is 4.39 Å². The van der Waals surface area contributed by atoms with Crippen molar-refractivity contribution in [2.45, 2.75) is 38.5 Å². The SMILES string of the molecule is Cc1cc(F)ccc1CC1(C(C)Cl)CC1. The average molecular weight is 227 g/mol. The van der Waals surface area contributed by atoms with Gasteiger partial charge in [-0.2, -0.15) is 0 Å². The number of halogens is 2. The Balaban J connectivity index is 2.18. The van der Waals surface area contributed by atoms with Gasteiger partial charge >= 0.3 is 0 Å². The average Bonchev–Trinajstić information content (AvgIpc) is 2.91. The van der Waals surface area contributed by atoms with Gasteiger partial charge in [0.05, 0.1) is 0 Å². The minimum absolute atomic E-state index is 0.153. The smallest absolute Gasteiger partial charge is 0.123 e. The molecule has 0 radical (unpaired) electrons. The Kier molecular flexibility index (Phi) is 2.76. The second-order valence-corrected chi connectivity index (χ2v) is 5.38. The summed E-state index contributed by atoms with van der Waals surface area (Å²) in [5.74, 6) is -0.153. The first-order valence-electron chi connectivity index (χ1n) is 5.43. The van der Waals surface area contributed by atoms with Crippen molar-refractivity contribution in [2.24, 2.45) is 5.41 Å². The van der Waals surface area contributed by atoms with Crippen molar-refractivity contribution in [1.82, 2.24) is 0 Å². The van der Waals surface area contributed by atoms with Gasteiger partial charge in [-0.15, -0.1) is 11.6 Å². The van der Waals surface area contributed by atoms with E-state index in [0.29, 0.717) is 0 Å². The zero-order valence-electron chi connectivity index (χ0n) is 9.19. The lowest BCUT2D eigenvalue weighted by Crippen LogP contribution is -2.16. The second kappa shape index (κ2) is 3.79. The number of rotatable bonds is 3. The molecule has 0 N–H and O–H groups in total. The molecule has 1 aliphatic rings. The quantitative estimate of drug-likeness (QED) is 0.682. The van der Waals surface area contributed by atoms with E-state index < -0.39 is 0 Å². The van der Waals surface area contributed by atoms with Crippen molar-refractivity contribution in [2.75, 3.05) is 0 Å². The minimum Gasteiger partial charge on any atom is -0.207 e. The Morgan fingerprint density at radius 3 is 2.60 bits per heavy atom. The van der Waals surface area contributed by atoms with Gasteiger partial charge in [-0.05, 0) is 61.8 Å². The summed E-state index contributed by atoms with van der Waals surface area (Å²) in [4.78, 5) is 0. The number of hydrogen-bond donors (Lipinski definition) is 0. The van der Waals surface area contributed by atoms with E-state index in [2.05, 4.69) is 6.92 Å². The maximum absolute atomic E-state index is 12.9. The summed E-state index contributed by atoms with van der Waals surface area (Å²) in [5.41, 5.74) is 2.56. The highest BCUT2D eigenvalue weighted by Crippen LogP contribution is 2.53. The molecule has 1 unspecified atom stereocenters. The van der Waals surface area contributed by atoms with E-state index in [1.165, 1.54) is 24.5 Å². The molecule has 0 bridgehead atoms. The molecule has 0 aliphatic heterocycles. The fourth-order valence-corrected chi connectivity index (χ4v) is 2.41. The topological polar surface area (TPSA) is 0 Å². The molecule has 2 heteroatoms. The highest BCUT2D eigenvalue weighted by atomic mass is 35.5. The van der Waals surface area contributed by atoms with Crippen LogP contribution >= 0.6 is 11.6 Å². The maximum Gasteiger partial charge on any atom is 0.123 e. The van der Waals surface area contributed by atoms with Crippen molar-refractivity contribution in [1.29, 1.82) is 0 Å². The van der Waals surface area contributed by atoms with Gasteiger partial charge in [0.2, 0.25) is 0 Å². The first-order chi connectivity index (χ1) is 7.03. The molecule has 1 saturated carbocycles. The van der Waals surface area contributed by atoms with Gasteiger partial charge in [-0.1, -0.05) is 6.07 Å². The number of hydrogen-bond acceptors (Lipinski definition) is 0. The van der Waals surface area contributed by atoms with E-state index in [4.69, 9.17) is 11.6 Å². The Bertz CT molecular complexity index is 367. The van der Waals surface area contributed by atoms with Crippen LogP contribution in [0.25, 0.3) is 0 Å². The van der Waals surface area contributed by atoms with Gasteiger partial charge in [0.25, 0.3) is 0 Å². The van der Waals surface area contributed by atoms with Crippen LogP contribution in [-0.4, -0.2) is 5.38 Å². The van der Waals surface area contributed by atoms with Crippen LogP contribution in [0.4, 0.5) is 4.39 Å². The lowest BCUT2D eigenvalue weighted by atomic mass is 9.91. The molecule has 2 rings (SSSR count). The second-order valence-electron chi connectivity index (χ2n) is 4.73. The van der Waals surface area contributed by atoms with Crippen molar-refractivity contribution in [3.8, 4) is 0 Å². The molecule has 0 amide bonds. The summed E-state index contributed by atoms with van der Waals surface area (Å²) in [6, 6.07) is 5.03. The standard InChI is InChI=1S/C13H16ClF/c1-9-7-12(15)4-3-11(9)8-13(5-6-13)10(2)14/h3-4,7,10H,5-6,8H2,1-2H3. The van der Waals surface area contributed by atoms with Crippen molar-refractivity contribution >= 4 is 11.6 Å². The zero-order valence-corrected chi connectivity index (χ0v) is 9.94. The summed E-state index contributed by atoms with van der Waals surface area (Å²) in [7, 11) is 0. The van der Waals surface area contributed by atoms with E-state index in [1.807, 2.05) is 13.0 Å². The van der Waals surface area contributed by atoms with Crippen LogP contribution < -0.4 is 0 Å². The lowest BCUT2D eigenvalue weighted by molar-refractivity contribution is 0.494. The van der Waals surface area contributed by atoms with E-state index in [-0.39, 0.29) is 16.6 Å². The molecular weight excluding hydrogens is 211 g/mol. The van der Waals surface area contributed by atoms with Gasteiger partial charge in [-0.3, -0.25) is 0 Å². The van der Waals surface area contributed by atoms with E-state index in [9.17, 15) is 4.39 Å². The Morgan fingerprint density at radius 2 is 2.13 bits per heavy atom. The predicted octanol–water partition coefficient (Wildman–Crippen LogP) is 4.08. The monoisotopic (exact) mass is 226 g/mol. The highest BCUT2D eigenvalue weighted by Gasteiger charge is 2.46. The van der Waals surface area contributed by atoms with Gasteiger partial charge in [0.1, 0.15) is 5.82 Å². The highest BCUT2D eigenvalue weighted by molar-refractivity contribution is 6.21. The van der Waals surface area contributed by atoms with Gasteiger partial charge in [0.15, 0.2) is 0 Å². The fraction of sp³-hybridized carbons (Fsp3) is 0.538. The molecule has 82 valence electrons. The minimum atomic E-state index is -0.153. The molecule has 1 aromatic rings. The first kappa shape index (κ1) is 10.9. The summed E-state index contributed by atoms with van der Waals surface area (Å²) in [6.07, 6.45) is 3.40.